The lowest BCUT2D eigenvalue weighted by Crippen LogP contribution is -2.39. The molecule has 0 bridgehead atoms. The summed E-state index contributed by atoms with van der Waals surface area (Å²) in [7, 11) is 0. The van der Waals surface area contributed by atoms with Crippen LogP contribution in [0.3, 0.4) is 0 Å². The summed E-state index contributed by atoms with van der Waals surface area (Å²) in [6.07, 6.45) is 1.30. The summed E-state index contributed by atoms with van der Waals surface area (Å²) in [6.45, 7) is 3.46. The molecule has 0 aromatic heterocycles. The molecule has 0 amide bonds. The zero-order chi connectivity index (χ0) is 12.3. The molecule has 2 rings (SSSR count). The number of carbonyl (C=O) groups is 1. The van der Waals surface area contributed by atoms with Crippen LogP contribution < -0.4 is 0 Å². The molecule has 0 aliphatic carbocycles. The summed E-state index contributed by atoms with van der Waals surface area (Å²) < 4.78 is 0. The summed E-state index contributed by atoms with van der Waals surface area (Å²) in [6, 6.07) is 9.32. The average Bonchev–Trinajstić information content (AvgIpc) is 2.78. The molecule has 3 nitrogen and oxygen atoms in total. The number of aliphatic hydroxyl groups excluding tert-OH is 1. The Morgan fingerprint density at radius 2 is 2.18 bits per heavy atom. The van der Waals surface area contributed by atoms with Gasteiger partial charge in [-0.3, -0.25) is 9.69 Å². The Labute approximate surface area is 102 Å². The Morgan fingerprint density at radius 3 is 2.71 bits per heavy atom. The summed E-state index contributed by atoms with van der Waals surface area (Å²) in [5, 5.41) is 9.54. The molecular weight excluding hydrogens is 214 g/mol. The van der Waals surface area contributed by atoms with Crippen molar-refractivity contribution in [1.29, 1.82) is 0 Å². The van der Waals surface area contributed by atoms with Crippen LogP contribution in [0.2, 0.25) is 0 Å². The molecule has 17 heavy (non-hydrogen) atoms. The van der Waals surface area contributed by atoms with E-state index in [1.165, 1.54) is 0 Å². The zero-order valence-corrected chi connectivity index (χ0v) is 10.2. The topological polar surface area (TPSA) is 40.5 Å². The van der Waals surface area contributed by atoms with Crippen LogP contribution in [-0.4, -0.2) is 41.0 Å². The van der Waals surface area contributed by atoms with Crippen molar-refractivity contribution in [3.8, 4) is 0 Å². The minimum Gasteiger partial charge on any atom is -0.392 e. The van der Waals surface area contributed by atoms with Gasteiger partial charge in [-0.15, -0.1) is 0 Å². The highest BCUT2D eigenvalue weighted by Crippen LogP contribution is 2.18. The SMILES string of the molecule is CCC(C(=O)c1ccccc1)N1CCC(O)C1. The van der Waals surface area contributed by atoms with E-state index in [4.69, 9.17) is 0 Å². The van der Waals surface area contributed by atoms with E-state index < -0.39 is 0 Å². The number of Topliss-reactive ketones (excluding diaryl/α,β-unsaturated/α-hetero) is 1. The van der Waals surface area contributed by atoms with Crippen LogP contribution >= 0.6 is 0 Å². The first-order valence-electron chi connectivity index (χ1n) is 6.23. The maximum atomic E-state index is 12.3. The van der Waals surface area contributed by atoms with Crippen molar-refractivity contribution in [2.24, 2.45) is 0 Å². The molecule has 0 saturated carbocycles. The zero-order valence-electron chi connectivity index (χ0n) is 10.2. The molecule has 1 N–H and O–H groups in total. The fraction of sp³-hybridized carbons (Fsp3) is 0.500. The molecule has 1 aliphatic heterocycles. The van der Waals surface area contributed by atoms with Crippen LogP contribution in [0.4, 0.5) is 0 Å². The van der Waals surface area contributed by atoms with Gasteiger partial charge in [0, 0.05) is 18.7 Å². The number of carbonyl (C=O) groups excluding carboxylic acids is 1. The number of ketones is 1. The molecule has 1 fully saturated rings. The van der Waals surface area contributed by atoms with Crippen molar-refractivity contribution < 1.29 is 9.90 Å². The van der Waals surface area contributed by atoms with E-state index in [1.54, 1.807) is 0 Å². The number of aliphatic hydroxyl groups is 1. The minimum atomic E-state index is -0.271. The third kappa shape index (κ3) is 2.73. The lowest BCUT2D eigenvalue weighted by Gasteiger charge is -2.25. The van der Waals surface area contributed by atoms with E-state index in [9.17, 15) is 9.90 Å². The van der Waals surface area contributed by atoms with Gasteiger partial charge in [-0.2, -0.15) is 0 Å². The predicted molar refractivity (Wildman–Crippen MR) is 67.0 cm³/mol. The molecule has 2 atom stereocenters. The predicted octanol–water partition coefficient (Wildman–Crippen LogP) is 1.71. The van der Waals surface area contributed by atoms with E-state index in [0.29, 0.717) is 6.54 Å². The molecule has 1 aliphatic rings. The quantitative estimate of drug-likeness (QED) is 0.805. The van der Waals surface area contributed by atoms with Crippen molar-refractivity contribution in [2.45, 2.75) is 31.9 Å². The molecule has 2 unspecified atom stereocenters. The van der Waals surface area contributed by atoms with Crippen LogP contribution in [0.5, 0.6) is 0 Å². The normalized spacial score (nSPS) is 22.6. The number of hydrogen-bond acceptors (Lipinski definition) is 3. The first kappa shape index (κ1) is 12.3. The summed E-state index contributed by atoms with van der Waals surface area (Å²) in [4.78, 5) is 14.4. The molecular formula is C14H19NO2. The van der Waals surface area contributed by atoms with Gasteiger partial charge in [0.15, 0.2) is 5.78 Å². The highest BCUT2D eigenvalue weighted by Gasteiger charge is 2.30. The van der Waals surface area contributed by atoms with Gasteiger partial charge < -0.3 is 5.11 Å². The lowest BCUT2D eigenvalue weighted by atomic mass is 10.0. The fourth-order valence-electron chi connectivity index (χ4n) is 2.46. The van der Waals surface area contributed by atoms with Gasteiger partial charge in [-0.05, 0) is 12.8 Å². The molecule has 1 aromatic rings. The summed E-state index contributed by atoms with van der Waals surface area (Å²) in [5.74, 6) is 0.169. The number of nitrogens with zero attached hydrogens (tertiary/aromatic N) is 1. The standard InChI is InChI=1S/C14H19NO2/c1-2-13(15-9-8-12(16)10-15)14(17)11-6-4-3-5-7-11/h3-7,12-13,16H,2,8-10H2,1H3. The maximum Gasteiger partial charge on any atom is 0.179 e. The molecule has 0 spiro atoms. The number of hydrogen-bond donors (Lipinski definition) is 1. The maximum absolute atomic E-state index is 12.3. The van der Waals surface area contributed by atoms with Crippen LogP contribution in [0, 0.1) is 0 Å². The van der Waals surface area contributed by atoms with Crippen molar-refractivity contribution in [3.05, 3.63) is 35.9 Å². The van der Waals surface area contributed by atoms with Crippen molar-refractivity contribution in [3.63, 3.8) is 0 Å². The van der Waals surface area contributed by atoms with Gasteiger partial charge in [0.1, 0.15) is 0 Å². The number of likely N-dealkylation sites (tertiary alicyclic amines) is 1. The van der Waals surface area contributed by atoms with Crippen molar-refractivity contribution >= 4 is 5.78 Å². The second-order valence-corrected chi connectivity index (χ2v) is 4.59. The third-order valence-electron chi connectivity index (χ3n) is 3.38. The number of rotatable bonds is 4. The van der Waals surface area contributed by atoms with Crippen LogP contribution in [0.15, 0.2) is 30.3 Å². The third-order valence-corrected chi connectivity index (χ3v) is 3.38. The first-order chi connectivity index (χ1) is 8.22. The van der Waals surface area contributed by atoms with Gasteiger partial charge in [-0.25, -0.2) is 0 Å². The van der Waals surface area contributed by atoms with Gasteiger partial charge in [0.25, 0.3) is 0 Å². The Balaban J connectivity index is 2.11. The Bertz CT molecular complexity index is 377. The largest absolute Gasteiger partial charge is 0.392 e. The monoisotopic (exact) mass is 233 g/mol. The first-order valence-corrected chi connectivity index (χ1v) is 6.23. The number of benzene rings is 1. The Hall–Kier alpha value is -1.19. The number of β-amino-alcohol motifs (C(OH)–C–C–N with tert-alkyl or cyclic N) is 1. The van der Waals surface area contributed by atoms with Gasteiger partial charge in [0.2, 0.25) is 0 Å². The van der Waals surface area contributed by atoms with Gasteiger partial charge >= 0.3 is 0 Å². The van der Waals surface area contributed by atoms with E-state index in [0.717, 1.165) is 24.9 Å². The smallest absolute Gasteiger partial charge is 0.179 e. The van der Waals surface area contributed by atoms with Crippen molar-refractivity contribution in [1.82, 2.24) is 4.90 Å². The molecule has 0 radical (unpaired) electrons. The highest BCUT2D eigenvalue weighted by atomic mass is 16.3. The second-order valence-electron chi connectivity index (χ2n) is 4.59. The van der Waals surface area contributed by atoms with Crippen LogP contribution in [-0.2, 0) is 0 Å². The van der Waals surface area contributed by atoms with E-state index in [2.05, 4.69) is 4.90 Å². The van der Waals surface area contributed by atoms with Gasteiger partial charge in [-0.1, -0.05) is 37.3 Å². The van der Waals surface area contributed by atoms with Gasteiger partial charge in [0.05, 0.1) is 12.1 Å². The van der Waals surface area contributed by atoms with Crippen LogP contribution in [0.1, 0.15) is 30.1 Å². The lowest BCUT2D eigenvalue weighted by molar-refractivity contribution is 0.0821. The second kappa shape index (κ2) is 5.43. The van der Waals surface area contributed by atoms with E-state index >= 15 is 0 Å². The average molecular weight is 233 g/mol. The Kier molecular flexibility index (Phi) is 3.92. The van der Waals surface area contributed by atoms with Crippen LogP contribution in [0.25, 0.3) is 0 Å². The highest BCUT2D eigenvalue weighted by molar-refractivity contribution is 6.00. The van der Waals surface area contributed by atoms with Crippen molar-refractivity contribution in [2.75, 3.05) is 13.1 Å². The van der Waals surface area contributed by atoms with E-state index in [1.807, 2.05) is 37.3 Å². The minimum absolute atomic E-state index is 0.0884. The molecule has 3 heteroatoms. The molecule has 1 heterocycles. The molecule has 92 valence electrons. The molecule has 1 aromatic carbocycles. The fourth-order valence-corrected chi connectivity index (χ4v) is 2.46. The Morgan fingerprint density at radius 1 is 1.47 bits per heavy atom. The van der Waals surface area contributed by atoms with E-state index in [-0.39, 0.29) is 17.9 Å². The molecule has 1 saturated heterocycles. The summed E-state index contributed by atoms with van der Waals surface area (Å²) in [5.41, 5.74) is 0.765. The summed E-state index contributed by atoms with van der Waals surface area (Å²) >= 11 is 0.